The van der Waals surface area contributed by atoms with Crippen LogP contribution < -0.4 is 0 Å². The van der Waals surface area contributed by atoms with Crippen LogP contribution in [0.25, 0.3) is 0 Å². The number of piperidine rings is 2. The Morgan fingerprint density at radius 1 is 0.929 bits per heavy atom. The lowest BCUT2D eigenvalue weighted by atomic mass is 9.77. The molecule has 150 valence electrons. The van der Waals surface area contributed by atoms with Gasteiger partial charge in [0.05, 0.1) is 6.10 Å². The Labute approximate surface area is 204 Å². The second kappa shape index (κ2) is 9.93. The number of hydrogen-bond donors (Lipinski definition) is 1. The molecule has 0 radical (unpaired) electrons. The SMILES string of the molecule is O[C@H]1C[C@@H](c2ccccc2)N(SI)[C@H]2C[C@@H](c3cccc(Cl)c3)N(SI)C[C@@H]12. The summed E-state index contributed by atoms with van der Waals surface area (Å²) >= 11 is 11.1. The average Bonchev–Trinajstić information content (AvgIpc) is 2.73. The van der Waals surface area contributed by atoms with Crippen molar-refractivity contribution in [1.82, 2.24) is 8.61 Å². The van der Waals surface area contributed by atoms with Crippen LogP contribution in [0.4, 0.5) is 0 Å². The van der Waals surface area contributed by atoms with Gasteiger partial charge in [-0.15, -0.1) is 0 Å². The second-order valence-electron chi connectivity index (χ2n) is 7.36. The molecule has 8 heteroatoms. The fourth-order valence-electron chi connectivity index (χ4n) is 4.54. The van der Waals surface area contributed by atoms with Gasteiger partial charge in [0.2, 0.25) is 0 Å². The van der Waals surface area contributed by atoms with Crippen molar-refractivity contribution in [2.45, 2.75) is 37.1 Å². The molecule has 5 atom stereocenters. The van der Waals surface area contributed by atoms with Gasteiger partial charge in [0, 0.05) is 78.0 Å². The molecule has 0 aliphatic carbocycles. The van der Waals surface area contributed by atoms with Gasteiger partial charge in [-0.2, -0.15) is 0 Å². The van der Waals surface area contributed by atoms with Crippen molar-refractivity contribution in [3.8, 4) is 0 Å². The van der Waals surface area contributed by atoms with E-state index in [-0.39, 0.29) is 24.1 Å². The standard InChI is InChI=1S/C20H21ClI2N2OS2/c21-15-8-4-7-14(9-15)17-10-19-16(12-24(17)27-22)20(26)11-18(25(19)28-23)13-5-2-1-3-6-13/h1-9,16-20,26H,10-12H2/t16-,17+,18+,19+,20+/m1/s1. The quantitative estimate of drug-likeness (QED) is 0.286. The van der Waals surface area contributed by atoms with Gasteiger partial charge < -0.3 is 5.11 Å². The third-order valence-electron chi connectivity index (χ3n) is 5.88. The smallest absolute Gasteiger partial charge is 0.0614 e. The molecule has 0 saturated carbocycles. The first-order chi connectivity index (χ1) is 13.6. The van der Waals surface area contributed by atoms with Crippen molar-refractivity contribution in [3.05, 3.63) is 70.7 Å². The topological polar surface area (TPSA) is 26.7 Å². The van der Waals surface area contributed by atoms with Crippen molar-refractivity contribution in [2.24, 2.45) is 5.92 Å². The lowest BCUT2D eigenvalue weighted by molar-refractivity contribution is -0.0426. The molecule has 2 saturated heterocycles. The van der Waals surface area contributed by atoms with E-state index in [1.165, 1.54) is 11.1 Å². The lowest BCUT2D eigenvalue weighted by Gasteiger charge is -2.53. The Kier molecular flexibility index (Phi) is 7.79. The van der Waals surface area contributed by atoms with Crippen LogP contribution in [-0.2, 0) is 0 Å². The normalized spacial score (nSPS) is 31.5. The van der Waals surface area contributed by atoms with Crippen molar-refractivity contribution in [2.75, 3.05) is 6.54 Å². The maximum Gasteiger partial charge on any atom is 0.0614 e. The molecule has 28 heavy (non-hydrogen) atoms. The van der Waals surface area contributed by atoms with Gasteiger partial charge in [0.25, 0.3) is 0 Å². The van der Waals surface area contributed by atoms with Crippen LogP contribution in [0.15, 0.2) is 54.6 Å². The molecular weight excluding hydrogens is 638 g/mol. The van der Waals surface area contributed by atoms with E-state index >= 15 is 0 Å². The molecule has 0 spiro atoms. The maximum absolute atomic E-state index is 11.1. The number of aliphatic hydroxyl groups is 1. The van der Waals surface area contributed by atoms with Gasteiger partial charge in [-0.05, 0) is 54.3 Å². The molecular formula is C20H21ClI2N2OS2. The summed E-state index contributed by atoms with van der Waals surface area (Å²) in [5.74, 6) is 0.250. The van der Waals surface area contributed by atoms with Crippen LogP contribution in [0.2, 0.25) is 5.02 Å². The minimum absolute atomic E-state index is 0.234. The fourth-order valence-corrected chi connectivity index (χ4v) is 8.92. The van der Waals surface area contributed by atoms with E-state index in [9.17, 15) is 5.11 Å². The third kappa shape index (κ3) is 4.51. The van der Waals surface area contributed by atoms with E-state index in [2.05, 4.69) is 93.5 Å². The summed E-state index contributed by atoms with van der Waals surface area (Å²) in [5, 5.41) is 11.8. The number of halogens is 3. The van der Waals surface area contributed by atoms with Crippen molar-refractivity contribution in [3.63, 3.8) is 0 Å². The first-order valence-electron chi connectivity index (χ1n) is 9.23. The molecule has 3 nitrogen and oxygen atoms in total. The summed E-state index contributed by atoms with van der Waals surface area (Å²) in [5.41, 5.74) is 2.54. The summed E-state index contributed by atoms with van der Waals surface area (Å²) in [4.78, 5) is 0. The molecule has 1 N–H and O–H groups in total. The minimum Gasteiger partial charge on any atom is -0.393 e. The number of nitrogens with zero attached hydrogens (tertiary/aromatic N) is 2. The van der Waals surface area contributed by atoms with Crippen LogP contribution in [0.1, 0.15) is 36.1 Å². The largest absolute Gasteiger partial charge is 0.393 e. The maximum atomic E-state index is 11.1. The van der Waals surface area contributed by atoms with E-state index in [1.54, 1.807) is 18.2 Å². The molecule has 0 unspecified atom stereocenters. The van der Waals surface area contributed by atoms with Crippen LogP contribution in [0.3, 0.4) is 0 Å². The Morgan fingerprint density at radius 2 is 1.68 bits per heavy atom. The summed E-state index contributed by atoms with van der Waals surface area (Å²) in [6, 6.07) is 19.7. The van der Waals surface area contributed by atoms with Crippen molar-refractivity contribution in [1.29, 1.82) is 0 Å². The second-order valence-corrected chi connectivity index (χ2v) is 11.3. The highest BCUT2D eigenvalue weighted by Gasteiger charge is 2.48. The zero-order valence-electron chi connectivity index (χ0n) is 15.0. The van der Waals surface area contributed by atoms with E-state index in [1.807, 2.05) is 12.1 Å². The van der Waals surface area contributed by atoms with Gasteiger partial charge in [0.15, 0.2) is 0 Å². The Hall–Kier alpha value is 0.770. The molecule has 0 amide bonds. The van der Waals surface area contributed by atoms with Gasteiger partial charge in [-0.25, -0.2) is 8.61 Å². The van der Waals surface area contributed by atoms with Crippen LogP contribution in [0, 0.1) is 5.92 Å². The molecule has 2 heterocycles. The molecule has 2 aliphatic heterocycles. The Morgan fingerprint density at radius 3 is 2.36 bits per heavy atom. The van der Waals surface area contributed by atoms with Gasteiger partial charge in [-0.1, -0.05) is 54.1 Å². The highest BCUT2D eigenvalue weighted by atomic mass is 127. The summed E-state index contributed by atoms with van der Waals surface area (Å²) in [6.07, 6.45) is 1.47. The number of fused-ring (bicyclic) bond motifs is 1. The molecule has 2 aromatic carbocycles. The Bertz CT molecular complexity index is 803. The molecule has 0 aromatic heterocycles. The van der Waals surface area contributed by atoms with Crippen LogP contribution >= 0.6 is 72.3 Å². The number of rotatable bonds is 4. The number of aliphatic hydroxyl groups excluding tert-OH is 1. The minimum atomic E-state index is -0.290. The molecule has 2 aromatic rings. The van der Waals surface area contributed by atoms with E-state index in [4.69, 9.17) is 11.6 Å². The zero-order valence-corrected chi connectivity index (χ0v) is 21.7. The van der Waals surface area contributed by atoms with Crippen molar-refractivity contribution >= 4 is 72.3 Å². The molecule has 0 bridgehead atoms. The predicted octanol–water partition coefficient (Wildman–Crippen LogP) is 6.88. The summed E-state index contributed by atoms with van der Waals surface area (Å²) in [7, 11) is 3.52. The highest BCUT2D eigenvalue weighted by Crippen LogP contribution is 2.51. The van der Waals surface area contributed by atoms with Gasteiger partial charge in [-0.3, -0.25) is 0 Å². The number of hydrogen-bond acceptors (Lipinski definition) is 5. The van der Waals surface area contributed by atoms with Gasteiger partial charge in [0.1, 0.15) is 0 Å². The van der Waals surface area contributed by atoms with Crippen LogP contribution in [-0.4, -0.2) is 32.4 Å². The molecule has 4 rings (SSSR count). The summed E-state index contributed by atoms with van der Waals surface area (Å²) in [6.45, 7) is 0.881. The monoisotopic (exact) mass is 658 g/mol. The fraction of sp³-hybridized carbons (Fsp3) is 0.400. The first kappa shape index (κ1) is 22.0. The average molecular weight is 659 g/mol. The van der Waals surface area contributed by atoms with Crippen molar-refractivity contribution < 1.29 is 5.11 Å². The highest BCUT2D eigenvalue weighted by molar-refractivity contribution is 14.2. The molecule has 2 aliphatic rings. The summed E-state index contributed by atoms with van der Waals surface area (Å²) < 4.78 is 4.94. The predicted molar refractivity (Wildman–Crippen MR) is 138 cm³/mol. The zero-order chi connectivity index (χ0) is 19.7. The van der Waals surface area contributed by atoms with E-state index in [0.717, 1.165) is 24.4 Å². The van der Waals surface area contributed by atoms with E-state index in [0.29, 0.717) is 6.04 Å². The Balaban J connectivity index is 1.66. The first-order valence-corrected chi connectivity index (χ1v) is 16.2. The van der Waals surface area contributed by atoms with Crippen LogP contribution in [0.5, 0.6) is 0 Å². The number of benzene rings is 2. The van der Waals surface area contributed by atoms with Gasteiger partial charge >= 0.3 is 0 Å². The molecule has 2 fully saturated rings. The third-order valence-corrected chi connectivity index (χ3v) is 10.3. The lowest BCUT2D eigenvalue weighted by Crippen LogP contribution is -2.56. The van der Waals surface area contributed by atoms with E-state index < -0.39 is 0 Å².